The molecule has 0 aliphatic heterocycles. The van der Waals surface area contributed by atoms with Gasteiger partial charge in [0, 0.05) is 24.1 Å². The number of sulfonamides is 1. The lowest BCUT2D eigenvalue weighted by molar-refractivity contribution is -0.136. The van der Waals surface area contributed by atoms with Crippen molar-refractivity contribution in [1.82, 2.24) is 20.2 Å². The summed E-state index contributed by atoms with van der Waals surface area (Å²) < 4.78 is 39.9. The fourth-order valence-electron chi connectivity index (χ4n) is 4.65. The van der Waals surface area contributed by atoms with Crippen LogP contribution in [0.15, 0.2) is 62.5 Å². The molecule has 0 unspecified atom stereocenters. The van der Waals surface area contributed by atoms with Crippen molar-refractivity contribution in [2.45, 2.75) is 78.3 Å². The van der Waals surface area contributed by atoms with Crippen LogP contribution < -0.4 is 4.72 Å². The van der Waals surface area contributed by atoms with E-state index in [0.717, 1.165) is 24.0 Å². The van der Waals surface area contributed by atoms with Gasteiger partial charge < -0.3 is 13.9 Å². The third kappa shape index (κ3) is 6.84. The van der Waals surface area contributed by atoms with Crippen LogP contribution in [-0.2, 0) is 21.4 Å². The second-order valence-corrected chi connectivity index (χ2v) is 12.2. The molecule has 0 fully saturated rings. The van der Waals surface area contributed by atoms with E-state index in [1.807, 2.05) is 43.0 Å². The summed E-state index contributed by atoms with van der Waals surface area (Å²) in [6.45, 7) is 11.7. The number of carbonyl (C=O) groups is 1. The Morgan fingerprint density at radius 1 is 1.00 bits per heavy atom. The number of carbonyl (C=O) groups excluding carboxylic acids is 1. The Morgan fingerprint density at radius 3 is 2.29 bits per heavy atom. The Labute approximate surface area is 241 Å². The first-order chi connectivity index (χ1) is 19.5. The molecule has 2 aromatic heterocycles. The third-order valence-electron chi connectivity index (χ3n) is 7.01. The lowest BCUT2D eigenvalue weighted by Gasteiger charge is -2.32. The molecule has 4 aromatic rings. The zero-order chi connectivity index (χ0) is 29.7. The number of benzene rings is 2. The van der Waals surface area contributed by atoms with Crippen molar-refractivity contribution in [2.75, 3.05) is 4.72 Å². The van der Waals surface area contributed by atoms with Crippen LogP contribution in [0, 0.1) is 26.7 Å². The normalized spacial score (nSPS) is 12.5. The summed E-state index contributed by atoms with van der Waals surface area (Å²) in [7, 11) is -3.95. The van der Waals surface area contributed by atoms with Crippen LogP contribution in [0.5, 0.6) is 0 Å². The van der Waals surface area contributed by atoms with Gasteiger partial charge in [0.05, 0.1) is 4.90 Å². The maximum absolute atomic E-state index is 13.4. The highest BCUT2D eigenvalue weighted by Gasteiger charge is 2.32. The van der Waals surface area contributed by atoms with Crippen LogP contribution in [0.25, 0.3) is 11.1 Å². The van der Waals surface area contributed by atoms with Crippen LogP contribution in [0.1, 0.15) is 74.7 Å². The summed E-state index contributed by atoms with van der Waals surface area (Å²) in [6, 6.07) is 14.0. The van der Waals surface area contributed by atoms with Crippen LogP contribution >= 0.6 is 0 Å². The average molecular weight is 580 g/mol. The van der Waals surface area contributed by atoms with Gasteiger partial charge in [0.1, 0.15) is 11.8 Å². The molecule has 0 spiro atoms. The zero-order valence-electron chi connectivity index (χ0n) is 24.3. The summed E-state index contributed by atoms with van der Waals surface area (Å²) in [6.07, 6.45) is 2.12. The van der Waals surface area contributed by atoms with Crippen molar-refractivity contribution < 1.29 is 22.3 Å². The van der Waals surface area contributed by atoms with Crippen molar-refractivity contribution in [2.24, 2.45) is 5.92 Å². The van der Waals surface area contributed by atoms with Crippen LogP contribution in [0.3, 0.4) is 0 Å². The van der Waals surface area contributed by atoms with Gasteiger partial charge in [-0.2, -0.15) is 4.98 Å². The van der Waals surface area contributed by atoms with E-state index < -0.39 is 10.0 Å². The van der Waals surface area contributed by atoms with E-state index in [4.69, 9.17) is 9.05 Å². The topological polar surface area (TPSA) is 131 Å². The largest absolute Gasteiger partial charge is 0.359 e. The molecule has 0 aliphatic carbocycles. The molecule has 10 nitrogen and oxygen atoms in total. The minimum Gasteiger partial charge on any atom is -0.359 e. The van der Waals surface area contributed by atoms with Gasteiger partial charge in [-0.25, -0.2) is 8.42 Å². The van der Waals surface area contributed by atoms with Gasteiger partial charge in [-0.15, -0.1) is 0 Å². The predicted octanol–water partition coefficient (Wildman–Crippen LogP) is 6.37. The van der Waals surface area contributed by atoms with Crippen molar-refractivity contribution >= 4 is 21.7 Å². The highest BCUT2D eigenvalue weighted by atomic mass is 32.2. The first-order valence-electron chi connectivity index (χ1n) is 13.8. The monoisotopic (exact) mass is 579 g/mol. The summed E-state index contributed by atoms with van der Waals surface area (Å²) in [5.74, 6) is 1.71. The summed E-state index contributed by atoms with van der Waals surface area (Å²) >= 11 is 0. The average Bonchev–Trinajstić information content (AvgIpc) is 3.51. The molecule has 0 radical (unpaired) electrons. The van der Waals surface area contributed by atoms with Crippen molar-refractivity contribution in [1.29, 1.82) is 0 Å². The number of rotatable bonds is 12. The highest BCUT2D eigenvalue weighted by molar-refractivity contribution is 7.92. The Kier molecular flexibility index (Phi) is 9.27. The second kappa shape index (κ2) is 12.7. The SMILES string of the molecule is CCCCC(=O)N(Cc1ccc(-c2ccccc2S(=O)(=O)Nc2noc(C)c2C)cc1)[C@H](c1nc(C)no1)C(C)C. The molecule has 1 amide bonds. The Balaban J connectivity index is 1.63. The van der Waals surface area contributed by atoms with Gasteiger partial charge in [-0.1, -0.05) is 80.0 Å². The second-order valence-electron chi connectivity index (χ2n) is 10.5. The van der Waals surface area contributed by atoms with Gasteiger partial charge >= 0.3 is 0 Å². The molecule has 4 rings (SSSR count). The number of aryl methyl sites for hydroxylation is 2. The van der Waals surface area contributed by atoms with Gasteiger partial charge in [-0.05, 0) is 50.3 Å². The van der Waals surface area contributed by atoms with Crippen molar-refractivity contribution in [3.8, 4) is 11.1 Å². The van der Waals surface area contributed by atoms with Crippen LogP contribution in [-0.4, -0.2) is 34.5 Å². The van der Waals surface area contributed by atoms with Crippen molar-refractivity contribution in [3.05, 3.63) is 77.1 Å². The van der Waals surface area contributed by atoms with Crippen LogP contribution in [0.4, 0.5) is 5.82 Å². The number of nitrogens with one attached hydrogen (secondary N) is 1. The molecule has 218 valence electrons. The number of unbranched alkanes of at least 4 members (excludes halogenated alkanes) is 1. The summed E-state index contributed by atoms with van der Waals surface area (Å²) in [5, 5.41) is 7.79. The minimum absolute atomic E-state index is 0.0198. The van der Waals surface area contributed by atoms with Gasteiger partial charge in [0.15, 0.2) is 11.6 Å². The molecule has 2 aromatic carbocycles. The third-order valence-corrected chi connectivity index (χ3v) is 8.41. The first kappa shape index (κ1) is 30.0. The molecule has 0 saturated carbocycles. The molecule has 2 heterocycles. The van der Waals surface area contributed by atoms with Crippen molar-refractivity contribution in [3.63, 3.8) is 0 Å². The van der Waals surface area contributed by atoms with E-state index in [2.05, 4.69) is 26.9 Å². The molecular formula is C30H37N5O5S. The van der Waals surface area contributed by atoms with Gasteiger partial charge in [-0.3, -0.25) is 9.52 Å². The fraction of sp³-hybridized carbons (Fsp3) is 0.400. The Bertz CT molecular complexity index is 1590. The molecule has 1 N–H and O–H groups in total. The number of hydrogen-bond acceptors (Lipinski definition) is 8. The summed E-state index contributed by atoms with van der Waals surface area (Å²) in [4.78, 5) is 19.8. The molecule has 0 saturated heterocycles. The number of aromatic nitrogens is 3. The molecule has 1 atom stereocenters. The highest BCUT2D eigenvalue weighted by Crippen LogP contribution is 2.32. The number of nitrogens with zero attached hydrogens (tertiary/aromatic N) is 4. The zero-order valence-corrected chi connectivity index (χ0v) is 25.2. The lowest BCUT2D eigenvalue weighted by Crippen LogP contribution is -2.37. The quantitative estimate of drug-likeness (QED) is 0.205. The lowest BCUT2D eigenvalue weighted by atomic mass is 9.99. The van der Waals surface area contributed by atoms with E-state index in [9.17, 15) is 13.2 Å². The maximum atomic E-state index is 13.4. The molecule has 41 heavy (non-hydrogen) atoms. The maximum Gasteiger partial charge on any atom is 0.263 e. The molecule has 0 aliphatic rings. The molecule has 0 bridgehead atoms. The van der Waals surface area contributed by atoms with E-state index in [1.54, 1.807) is 45.0 Å². The smallest absolute Gasteiger partial charge is 0.263 e. The number of anilines is 1. The first-order valence-corrected chi connectivity index (χ1v) is 15.2. The summed E-state index contributed by atoms with van der Waals surface area (Å²) in [5.41, 5.74) is 2.79. The van der Waals surface area contributed by atoms with E-state index >= 15 is 0 Å². The Morgan fingerprint density at radius 2 is 1.71 bits per heavy atom. The molecule has 11 heteroatoms. The standard InChI is InChI=1S/C30H37N5O5S/c1-7-8-13-27(36)35(28(19(2)3)30-31-22(6)32-40-30)18-23-14-16-24(17-15-23)25-11-9-10-12-26(25)41(37,38)34-29-20(4)21(5)39-33-29/h9-12,14-17,19,28H,7-8,13,18H2,1-6H3,(H,33,34)/t28-/m0/s1. The number of amides is 1. The van der Waals surface area contributed by atoms with Gasteiger partial charge in [0.25, 0.3) is 10.0 Å². The minimum atomic E-state index is -3.95. The van der Waals surface area contributed by atoms with E-state index in [1.165, 1.54) is 0 Å². The van der Waals surface area contributed by atoms with E-state index in [0.29, 0.717) is 41.6 Å². The van der Waals surface area contributed by atoms with Gasteiger partial charge in [0.2, 0.25) is 11.8 Å². The Hall–Kier alpha value is -3.99. The van der Waals surface area contributed by atoms with E-state index in [-0.39, 0.29) is 28.6 Å². The number of hydrogen-bond donors (Lipinski definition) is 1. The van der Waals surface area contributed by atoms with Crippen LogP contribution in [0.2, 0.25) is 0 Å². The molecular weight excluding hydrogens is 542 g/mol. The fourth-order valence-corrected chi connectivity index (χ4v) is 5.93. The predicted molar refractivity (Wildman–Crippen MR) is 155 cm³/mol.